The van der Waals surface area contributed by atoms with Crippen LogP contribution in [0.3, 0.4) is 0 Å². The third-order valence-corrected chi connectivity index (χ3v) is 4.32. The molecule has 0 aliphatic heterocycles. The van der Waals surface area contributed by atoms with E-state index in [0.717, 1.165) is 19.3 Å². The molecule has 1 aromatic rings. The van der Waals surface area contributed by atoms with Gasteiger partial charge in [-0.25, -0.2) is 4.79 Å². The first-order valence-corrected chi connectivity index (χ1v) is 7.51. The van der Waals surface area contributed by atoms with Gasteiger partial charge in [-0.15, -0.1) is 0 Å². The van der Waals surface area contributed by atoms with Gasteiger partial charge in [-0.3, -0.25) is 0 Å². The second-order valence-corrected chi connectivity index (χ2v) is 6.18. The zero-order valence-corrected chi connectivity index (χ0v) is 12.2. The number of hydrogen-bond acceptors (Lipinski definition) is 3. The molecule has 0 aromatic heterocycles. The van der Waals surface area contributed by atoms with Crippen LogP contribution in [0.25, 0.3) is 0 Å². The molecule has 3 rings (SSSR count). The van der Waals surface area contributed by atoms with Crippen LogP contribution in [-0.4, -0.2) is 35.7 Å². The average Bonchev–Trinajstić information content (AvgIpc) is 3.40. The third-order valence-electron chi connectivity index (χ3n) is 4.32. The van der Waals surface area contributed by atoms with Crippen LogP contribution in [-0.2, 0) is 4.74 Å². The van der Waals surface area contributed by atoms with Crippen molar-refractivity contribution in [3.05, 3.63) is 48.6 Å². The number of rotatable bonds is 6. The second-order valence-electron chi connectivity index (χ2n) is 6.18. The van der Waals surface area contributed by atoms with Crippen molar-refractivity contribution in [3.8, 4) is 0 Å². The summed E-state index contributed by atoms with van der Waals surface area (Å²) in [4.78, 5) is 14.1. The number of carbonyl (C=O) groups excluding carboxylic acids is 1. The van der Waals surface area contributed by atoms with Gasteiger partial charge in [0.15, 0.2) is 0 Å². The summed E-state index contributed by atoms with van der Waals surface area (Å²) < 4.78 is 5.23. The van der Waals surface area contributed by atoms with E-state index in [-0.39, 0.29) is 24.3 Å². The van der Waals surface area contributed by atoms with Crippen molar-refractivity contribution in [2.75, 3.05) is 13.2 Å². The number of amides is 1. The highest BCUT2D eigenvalue weighted by Crippen LogP contribution is 2.46. The van der Waals surface area contributed by atoms with E-state index in [4.69, 9.17) is 10.5 Å². The Balaban J connectivity index is 1.68. The minimum atomic E-state index is -0.268. The summed E-state index contributed by atoms with van der Waals surface area (Å²) in [5.41, 5.74) is 7.28. The van der Waals surface area contributed by atoms with Gasteiger partial charge < -0.3 is 15.4 Å². The van der Waals surface area contributed by atoms with Gasteiger partial charge in [-0.05, 0) is 24.8 Å². The van der Waals surface area contributed by atoms with Gasteiger partial charge in [0.05, 0.1) is 0 Å². The van der Waals surface area contributed by atoms with E-state index in [1.807, 2.05) is 23.1 Å². The molecule has 2 saturated carbocycles. The Morgan fingerprint density at radius 1 is 1.43 bits per heavy atom. The lowest BCUT2D eigenvalue weighted by Gasteiger charge is -2.25. The molecule has 2 aliphatic carbocycles. The van der Waals surface area contributed by atoms with Crippen molar-refractivity contribution in [1.29, 1.82) is 0 Å². The first kappa shape index (κ1) is 14.1. The lowest BCUT2D eigenvalue weighted by Crippen LogP contribution is -2.44. The molecule has 1 amide bonds. The van der Waals surface area contributed by atoms with Crippen LogP contribution < -0.4 is 5.73 Å². The van der Waals surface area contributed by atoms with Crippen LogP contribution in [0.5, 0.6) is 0 Å². The van der Waals surface area contributed by atoms with Crippen LogP contribution in [0.4, 0.5) is 4.79 Å². The molecular formula is C17H22N2O2. The maximum Gasteiger partial charge on any atom is 0.410 e. The van der Waals surface area contributed by atoms with E-state index in [0.29, 0.717) is 12.5 Å². The highest BCUT2D eigenvalue weighted by atomic mass is 16.6. The number of ether oxygens (including phenoxy) is 1. The standard InChI is InChI=1S/C17H22N2O2/c1-2-10-21-16(20)19(12-17(18)8-9-17)15-11-14(15)13-6-4-3-5-7-13/h2-7,14-15H,1,8-12,18H2/t14?,15-/m0/s1. The number of nitrogens with two attached hydrogens (primary N) is 1. The summed E-state index contributed by atoms with van der Waals surface area (Å²) in [6, 6.07) is 10.5. The highest BCUT2D eigenvalue weighted by molar-refractivity contribution is 5.69. The van der Waals surface area contributed by atoms with Crippen LogP contribution in [0.2, 0.25) is 0 Å². The van der Waals surface area contributed by atoms with Crippen molar-refractivity contribution in [2.24, 2.45) is 5.73 Å². The van der Waals surface area contributed by atoms with E-state index < -0.39 is 0 Å². The quantitative estimate of drug-likeness (QED) is 0.818. The summed E-state index contributed by atoms with van der Waals surface area (Å²) in [5, 5.41) is 0. The fourth-order valence-corrected chi connectivity index (χ4v) is 2.77. The number of hydrogen-bond donors (Lipinski definition) is 1. The molecule has 0 saturated heterocycles. The van der Waals surface area contributed by atoms with Gasteiger partial charge in [0.25, 0.3) is 0 Å². The summed E-state index contributed by atoms with van der Waals surface area (Å²) >= 11 is 0. The lowest BCUT2D eigenvalue weighted by molar-refractivity contribution is 0.105. The molecule has 4 nitrogen and oxygen atoms in total. The van der Waals surface area contributed by atoms with Gasteiger partial charge in [0.2, 0.25) is 0 Å². The van der Waals surface area contributed by atoms with Crippen molar-refractivity contribution < 1.29 is 9.53 Å². The SMILES string of the molecule is C=CCOC(=O)N(CC1(N)CC1)[C@H]1CC1c1ccccc1. The van der Waals surface area contributed by atoms with Crippen molar-refractivity contribution in [1.82, 2.24) is 4.90 Å². The number of nitrogens with zero attached hydrogens (tertiary/aromatic N) is 1. The smallest absolute Gasteiger partial charge is 0.410 e. The average molecular weight is 286 g/mol. The Kier molecular flexibility index (Phi) is 3.72. The maximum atomic E-state index is 12.3. The first-order chi connectivity index (χ1) is 10.1. The minimum absolute atomic E-state index is 0.197. The van der Waals surface area contributed by atoms with Crippen LogP contribution >= 0.6 is 0 Å². The van der Waals surface area contributed by atoms with Crippen LogP contribution in [0.1, 0.15) is 30.7 Å². The third kappa shape index (κ3) is 3.27. The Bertz CT molecular complexity index is 525. The maximum absolute atomic E-state index is 12.3. The molecular weight excluding hydrogens is 264 g/mol. The minimum Gasteiger partial charge on any atom is -0.445 e. The van der Waals surface area contributed by atoms with E-state index in [1.54, 1.807) is 6.08 Å². The molecule has 112 valence electrons. The molecule has 2 atom stereocenters. The normalized spacial score (nSPS) is 25.0. The second kappa shape index (κ2) is 5.53. The molecule has 0 heterocycles. The molecule has 2 N–H and O–H groups in total. The molecule has 21 heavy (non-hydrogen) atoms. The Morgan fingerprint density at radius 2 is 2.14 bits per heavy atom. The van der Waals surface area contributed by atoms with E-state index in [1.165, 1.54) is 5.56 Å². The van der Waals surface area contributed by atoms with Gasteiger partial charge in [-0.2, -0.15) is 0 Å². The molecule has 0 bridgehead atoms. The topological polar surface area (TPSA) is 55.6 Å². The van der Waals surface area contributed by atoms with Crippen LogP contribution in [0.15, 0.2) is 43.0 Å². The summed E-state index contributed by atoms with van der Waals surface area (Å²) in [5.74, 6) is 0.407. The summed E-state index contributed by atoms with van der Waals surface area (Å²) in [6.07, 6.45) is 4.29. The Hall–Kier alpha value is -1.81. The summed E-state index contributed by atoms with van der Waals surface area (Å²) in [7, 11) is 0. The van der Waals surface area contributed by atoms with Gasteiger partial charge >= 0.3 is 6.09 Å². The molecule has 2 fully saturated rings. The predicted molar refractivity (Wildman–Crippen MR) is 82.0 cm³/mol. The van der Waals surface area contributed by atoms with Crippen LogP contribution in [0, 0.1) is 0 Å². The number of benzene rings is 1. The lowest BCUT2D eigenvalue weighted by atomic mass is 10.1. The van der Waals surface area contributed by atoms with E-state index in [9.17, 15) is 4.79 Å². The zero-order valence-electron chi connectivity index (χ0n) is 12.2. The number of carbonyl (C=O) groups is 1. The van der Waals surface area contributed by atoms with Crippen molar-refractivity contribution in [3.63, 3.8) is 0 Å². The molecule has 2 aliphatic rings. The largest absolute Gasteiger partial charge is 0.445 e. The van der Waals surface area contributed by atoms with Crippen molar-refractivity contribution in [2.45, 2.75) is 36.8 Å². The Labute approximate surface area is 125 Å². The molecule has 0 spiro atoms. The first-order valence-electron chi connectivity index (χ1n) is 7.51. The molecule has 1 aromatic carbocycles. The Morgan fingerprint density at radius 3 is 2.76 bits per heavy atom. The van der Waals surface area contributed by atoms with Gasteiger partial charge in [0, 0.05) is 24.0 Å². The fourth-order valence-electron chi connectivity index (χ4n) is 2.77. The van der Waals surface area contributed by atoms with E-state index in [2.05, 4.69) is 18.7 Å². The molecule has 4 heteroatoms. The van der Waals surface area contributed by atoms with Crippen molar-refractivity contribution >= 4 is 6.09 Å². The monoisotopic (exact) mass is 286 g/mol. The summed E-state index contributed by atoms with van der Waals surface area (Å²) in [6.45, 7) is 4.42. The zero-order chi connectivity index (χ0) is 14.9. The highest BCUT2D eigenvalue weighted by Gasteiger charge is 2.50. The fraction of sp³-hybridized carbons (Fsp3) is 0.471. The molecule has 0 radical (unpaired) electrons. The predicted octanol–water partition coefficient (Wildman–Crippen LogP) is 2.66. The molecule has 1 unspecified atom stereocenters. The van der Waals surface area contributed by atoms with Gasteiger partial charge in [-0.1, -0.05) is 43.0 Å². The van der Waals surface area contributed by atoms with E-state index >= 15 is 0 Å². The van der Waals surface area contributed by atoms with Gasteiger partial charge in [0.1, 0.15) is 6.61 Å².